The third kappa shape index (κ3) is 2.64. The summed E-state index contributed by atoms with van der Waals surface area (Å²) in [5, 5.41) is 5.28. The largest absolute Gasteiger partial charge is 0.314 e. The van der Waals surface area contributed by atoms with Crippen LogP contribution in [0.1, 0.15) is 5.69 Å². The standard InChI is InChI=1S/C14H16ClN3O2S/c1-10-13-8-11(2-3-12(13)14(15)9-17-10)21(19,20)18-6-4-16-5-7-18/h2-3,8-9,16H,4-7H2,1H3. The third-order valence-electron chi connectivity index (χ3n) is 3.72. The van der Waals surface area contributed by atoms with E-state index in [-0.39, 0.29) is 0 Å². The van der Waals surface area contributed by atoms with E-state index in [1.807, 2.05) is 6.92 Å². The lowest BCUT2D eigenvalue weighted by molar-refractivity contribution is 0.360. The highest BCUT2D eigenvalue weighted by Crippen LogP contribution is 2.28. The van der Waals surface area contributed by atoms with Crippen LogP contribution < -0.4 is 5.32 Å². The summed E-state index contributed by atoms with van der Waals surface area (Å²) in [6.07, 6.45) is 1.59. The first-order valence-corrected chi connectivity index (χ1v) is 8.58. The highest BCUT2D eigenvalue weighted by molar-refractivity contribution is 7.89. The van der Waals surface area contributed by atoms with E-state index in [2.05, 4.69) is 10.3 Å². The van der Waals surface area contributed by atoms with Crippen molar-refractivity contribution in [2.45, 2.75) is 11.8 Å². The average Bonchev–Trinajstić information content (AvgIpc) is 2.51. The Morgan fingerprint density at radius 1 is 1.24 bits per heavy atom. The van der Waals surface area contributed by atoms with Crippen molar-refractivity contribution in [3.8, 4) is 0 Å². The number of pyridine rings is 1. The zero-order chi connectivity index (χ0) is 15.0. The Labute approximate surface area is 129 Å². The van der Waals surface area contributed by atoms with Crippen molar-refractivity contribution in [3.05, 3.63) is 35.1 Å². The predicted molar refractivity (Wildman–Crippen MR) is 83.1 cm³/mol. The van der Waals surface area contributed by atoms with E-state index in [4.69, 9.17) is 11.6 Å². The molecule has 0 unspecified atom stereocenters. The van der Waals surface area contributed by atoms with Crippen molar-refractivity contribution >= 4 is 32.4 Å². The summed E-state index contributed by atoms with van der Waals surface area (Å²) in [6.45, 7) is 4.19. The molecule has 2 aromatic rings. The van der Waals surface area contributed by atoms with Gasteiger partial charge in [-0.3, -0.25) is 4.98 Å². The maximum atomic E-state index is 12.7. The van der Waals surface area contributed by atoms with Gasteiger partial charge in [-0.15, -0.1) is 0 Å². The second-order valence-corrected chi connectivity index (χ2v) is 7.40. The van der Waals surface area contributed by atoms with Crippen LogP contribution in [-0.4, -0.2) is 43.9 Å². The molecule has 1 aromatic carbocycles. The smallest absolute Gasteiger partial charge is 0.243 e. The number of benzene rings is 1. The van der Waals surface area contributed by atoms with Gasteiger partial charge < -0.3 is 5.32 Å². The van der Waals surface area contributed by atoms with Gasteiger partial charge in [0.2, 0.25) is 10.0 Å². The molecule has 112 valence electrons. The van der Waals surface area contributed by atoms with E-state index in [1.165, 1.54) is 4.31 Å². The van der Waals surface area contributed by atoms with Crippen LogP contribution in [0.15, 0.2) is 29.3 Å². The molecule has 3 rings (SSSR count). The first-order valence-electron chi connectivity index (χ1n) is 6.76. The van der Waals surface area contributed by atoms with Gasteiger partial charge in [0, 0.05) is 48.8 Å². The van der Waals surface area contributed by atoms with E-state index in [1.54, 1.807) is 24.4 Å². The van der Waals surface area contributed by atoms with Gasteiger partial charge >= 0.3 is 0 Å². The molecule has 7 heteroatoms. The molecule has 21 heavy (non-hydrogen) atoms. The van der Waals surface area contributed by atoms with Gasteiger partial charge in [0.25, 0.3) is 0 Å². The molecule has 1 saturated heterocycles. The zero-order valence-electron chi connectivity index (χ0n) is 11.6. The van der Waals surface area contributed by atoms with Gasteiger partial charge in [-0.2, -0.15) is 4.31 Å². The van der Waals surface area contributed by atoms with Crippen LogP contribution in [0.5, 0.6) is 0 Å². The first-order chi connectivity index (χ1) is 10.00. The Hall–Kier alpha value is -1.21. The predicted octanol–water partition coefficient (Wildman–Crippen LogP) is 1.79. The Morgan fingerprint density at radius 2 is 1.95 bits per heavy atom. The fourth-order valence-electron chi connectivity index (χ4n) is 2.52. The van der Waals surface area contributed by atoms with Gasteiger partial charge in [0.05, 0.1) is 9.92 Å². The van der Waals surface area contributed by atoms with Crippen LogP contribution in [0.2, 0.25) is 5.02 Å². The van der Waals surface area contributed by atoms with Crippen molar-refractivity contribution in [1.82, 2.24) is 14.6 Å². The number of nitrogens with zero attached hydrogens (tertiary/aromatic N) is 2. The summed E-state index contributed by atoms with van der Waals surface area (Å²) >= 11 is 6.11. The van der Waals surface area contributed by atoms with E-state index in [0.717, 1.165) is 16.5 Å². The molecule has 0 amide bonds. The molecule has 1 aliphatic rings. The fourth-order valence-corrected chi connectivity index (χ4v) is 4.20. The number of fused-ring (bicyclic) bond motifs is 1. The van der Waals surface area contributed by atoms with Crippen molar-refractivity contribution in [1.29, 1.82) is 0 Å². The summed E-state index contributed by atoms with van der Waals surface area (Å²) < 4.78 is 26.9. The molecule has 0 saturated carbocycles. The number of piperazine rings is 1. The Kier molecular flexibility index (Phi) is 3.88. The van der Waals surface area contributed by atoms with E-state index in [0.29, 0.717) is 36.1 Å². The number of aromatic nitrogens is 1. The van der Waals surface area contributed by atoms with Gasteiger partial charge in [0.15, 0.2) is 0 Å². The van der Waals surface area contributed by atoms with E-state index in [9.17, 15) is 8.42 Å². The first kappa shape index (κ1) is 14.7. The molecule has 0 atom stereocenters. The second kappa shape index (κ2) is 5.53. The number of aryl methyl sites for hydroxylation is 1. The Balaban J connectivity index is 2.10. The molecule has 1 aliphatic heterocycles. The van der Waals surface area contributed by atoms with Gasteiger partial charge in [-0.1, -0.05) is 17.7 Å². The second-order valence-electron chi connectivity index (χ2n) is 5.05. The molecule has 5 nitrogen and oxygen atoms in total. The molecular formula is C14H16ClN3O2S. The van der Waals surface area contributed by atoms with E-state index < -0.39 is 10.0 Å². The lowest BCUT2D eigenvalue weighted by atomic mass is 10.1. The highest BCUT2D eigenvalue weighted by atomic mass is 35.5. The van der Waals surface area contributed by atoms with Crippen LogP contribution in [0.4, 0.5) is 0 Å². The molecule has 0 spiro atoms. The normalized spacial score (nSPS) is 17.2. The summed E-state index contributed by atoms with van der Waals surface area (Å²) in [7, 11) is -3.46. The minimum Gasteiger partial charge on any atom is -0.314 e. The van der Waals surface area contributed by atoms with Crippen molar-refractivity contribution < 1.29 is 8.42 Å². The Morgan fingerprint density at radius 3 is 2.67 bits per heavy atom. The van der Waals surface area contributed by atoms with Crippen molar-refractivity contribution in [3.63, 3.8) is 0 Å². The van der Waals surface area contributed by atoms with Crippen LogP contribution in [-0.2, 0) is 10.0 Å². The number of rotatable bonds is 2. The van der Waals surface area contributed by atoms with Crippen LogP contribution in [0.3, 0.4) is 0 Å². The topological polar surface area (TPSA) is 62.3 Å². The summed E-state index contributed by atoms with van der Waals surface area (Å²) in [5.41, 5.74) is 0.770. The van der Waals surface area contributed by atoms with Gasteiger partial charge in [0.1, 0.15) is 0 Å². The minimum atomic E-state index is -3.46. The number of sulfonamides is 1. The van der Waals surface area contributed by atoms with Crippen molar-refractivity contribution in [2.75, 3.05) is 26.2 Å². The maximum Gasteiger partial charge on any atom is 0.243 e. The Bertz CT molecular complexity index is 786. The average molecular weight is 326 g/mol. The highest BCUT2D eigenvalue weighted by Gasteiger charge is 2.26. The minimum absolute atomic E-state index is 0.295. The van der Waals surface area contributed by atoms with E-state index >= 15 is 0 Å². The molecule has 0 radical (unpaired) electrons. The number of hydrogen-bond donors (Lipinski definition) is 1. The summed E-state index contributed by atoms with van der Waals surface area (Å²) in [5.74, 6) is 0. The van der Waals surface area contributed by atoms with Crippen LogP contribution in [0, 0.1) is 6.92 Å². The molecular weight excluding hydrogens is 310 g/mol. The summed E-state index contributed by atoms with van der Waals surface area (Å²) in [6, 6.07) is 5.04. The quantitative estimate of drug-likeness (QED) is 0.914. The third-order valence-corrected chi connectivity index (χ3v) is 5.92. The lowest BCUT2D eigenvalue weighted by Crippen LogP contribution is -2.46. The monoisotopic (exact) mass is 325 g/mol. The fraction of sp³-hybridized carbons (Fsp3) is 0.357. The van der Waals surface area contributed by atoms with Crippen LogP contribution >= 0.6 is 11.6 Å². The summed E-state index contributed by atoms with van der Waals surface area (Å²) in [4.78, 5) is 4.49. The zero-order valence-corrected chi connectivity index (χ0v) is 13.2. The van der Waals surface area contributed by atoms with Crippen molar-refractivity contribution in [2.24, 2.45) is 0 Å². The van der Waals surface area contributed by atoms with Crippen LogP contribution in [0.25, 0.3) is 10.8 Å². The molecule has 0 aliphatic carbocycles. The molecule has 1 aromatic heterocycles. The number of halogens is 1. The lowest BCUT2D eigenvalue weighted by Gasteiger charge is -2.26. The molecule has 1 fully saturated rings. The SMILES string of the molecule is Cc1ncc(Cl)c2ccc(S(=O)(=O)N3CCNCC3)cc12. The van der Waals surface area contributed by atoms with Gasteiger partial charge in [-0.05, 0) is 19.1 Å². The number of nitrogens with one attached hydrogen (secondary N) is 1. The maximum absolute atomic E-state index is 12.7. The molecule has 2 heterocycles. The molecule has 0 bridgehead atoms. The number of hydrogen-bond acceptors (Lipinski definition) is 4. The van der Waals surface area contributed by atoms with Gasteiger partial charge in [-0.25, -0.2) is 8.42 Å². The molecule has 1 N–H and O–H groups in total.